The van der Waals surface area contributed by atoms with Gasteiger partial charge in [0.1, 0.15) is 0 Å². The second-order valence-electron chi connectivity index (χ2n) is 3.43. The fraction of sp³-hybridized carbons (Fsp3) is 0.364. The molecule has 0 aliphatic heterocycles. The Labute approximate surface area is 130 Å². The maximum Gasteiger partial charge on any atom is 0.254 e. The van der Waals surface area contributed by atoms with Crippen molar-refractivity contribution in [3.05, 3.63) is 31.8 Å². The van der Waals surface area contributed by atoms with Gasteiger partial charge in [-0.2, -0.15) is 0 Å². The molecule has 17 heavy (non-hydrogen) atoms. The van der Waals surface area contributed by atoms with E-state index in [1.807, 2.05) is 32.3 Å². The molecule has 6 heteroatoms. The lowest BCUT2D eigenvalue weighted by Crippen LogP contribution is -2.33. The average molecular weight is 434 g/mol. The average Bonchev–Trinajstić information content (AvgIpc) is 2.28. The summed E-state index contributed by atoms with van der Waals surface area (Å²) < 4.78 is 1.92. The van der Waals surface area contributed by atoms with Gasteiger partial charge in [-0.3, -0.25) is 4.79 Å². The van der Waals surface area contributed by atoms with E-state index in [-0.39, 0.29) is 18.3 Å². The van der Waals surface area contributed by atoms with Crippen molar-refractivity contribution in [1.82, 2.24) is 10.2 Å². The molecule has 0 saturated carbocycles. The number of nitrogens with zero attached hydrogens (tertiary/aromatic N) is 1. The molecule has 0 aliphatic carbocycles. The molecule has 1 aromatic carbocycles. The highest BCUT2D eigenvalue weighted by Gasteiger charge is 2.15. The van der Waals surface area contributed by atoms with Crippen molar-refractivity contribution in [2.45, 2.75) is 0 Å². The number of hydrogen-bond donors (Lipinski definition) is 1. The van der Waals surface area contributed by atoms with Crippen molar-refractivity contribution in [3.63, 3.8) is 0 Å². The van der Waals surface area contributed by atoms with Gasteiger partial charge in [0.2, 0.25) is 0 Å². The molecular formula is C11H15BrClIN2O. The second kappa shape index (κ2) is 8.29. The Hall–Kier alpha value is 0.150. The first-order chi connectivity index (χ1) is 7.57. The molecule has 0 unspecified atom stereocenters. The summed E-state index contributed by atoms with van der Waals surface area (Å²) >= 11 is 5.61. The van der Waals surface area contributed by atoms with Crippen LogP contribution in [0.2, 0.25) is 0 Å². The molecule has 1 N–H and O–H groups in total. The number of carbonyl (C=O) groups is 1. The van der Waals surface area contributed by atoms with Crippen LogP contribution in [-0.4, -0.2) is 38.0 Å². The smallest absolute Gasteiger partial charge is 0.254 e. The molecule has 1 aromatic rings. The maximum absolute atomic E-state index is 12.1. The number of carbonyl (C=O) groups excluding carboxylic acids is 1. The van der Waals surface area contributed by atoms with Crippen LogP contribution in [0, 0.1) is 3.57 Å². The van der Waals surface area contributed by atoms with Gasteiger partial charge in [0.05, 0.1) is 5.56 Å². The number of nitrogens with one attached hydrogen (secondary N) is 1. The summed E-state index contributed by atoms with van der Waals surface area (Å²) in [5.74, 6) is 0.0564. The normalized spacial score (nSPS) is 9.65. The first kappa shape index (κ1) is 17.2. The molecule has 0 fully saturated rings. The number of rotatable bonds is 4. The van der Waals surface area contributed by atoms with Crippen molar-refractivity contribution < 1.29 is 4.79 Å². The van der Waals surface area contributed by atoms with Crippen molar-refractivity contribution in [3.8, 4) is 0 Å². The summed E-state index contributed by atoms with van der Waals surface area (Å²) in [4.78, 5) is 13.8. The van der Waals surface area contributed by atoms with E-state index >= 15 is 0 Å². The standard InChI is InChI=1S/C11H14BrIN2O.ClH/c1-14-6-7-15(2)11(16)8-4-3-5-9(12)10(8)13;/h3-5,14H,6-7H2,1-2H3;1H. The molecule has 0 radical (unpaired) electrons. The van der Waals surface area contributed by atoms with Crippen molar-refractivity contribution in [2.24, 2.45) is 0 Å². The summed E-state index contributed by atoms with van der Waals surface area (Å²) in [5.41, 5.74) is 0.744. The van der Waals surface area contributed by atoms with Crippen LogP contribution < -0.4 is 5.32 Å². The molecule has 3 nitrogen and oxygen atoms in total. The monoisotopic (exact) mass is 432 g/mol. The zero-order chi connectivity index (χ0) is 12.1. The van der Waals surface area contributed by atoms with Crippen LogP contribution in [0.5, 0.6) is 0 Å². The Morgan fingerprint density at radius 3 is 2.76 bits per heavy atom. The maximum atomic E-state index is 12.1. The summed E-state index contributed by atoms with van der Waals surface area (Å²) in [6.07, 6.45) is 0. The number of amides is 1. The lowest BCUT2D eigenvalue weighted by molar-refractivity contribution is 0.0795. The number of benzene rings is 1. The Morgan fingerprint density at radius 2 is 2.18 bits per heavy atom. The zero-order valence-corrected chi connectivity index (χ0v) is 14.2. The van der Waals surface area contributed by atoms with Crippen LogP contribution >= 0.6 is 50.9 Å². The minimum Gasteiger partial charge on any atom is -0.340 e. The van der Waals surface area contributed by atoms with E-state index in [0.29, 0.717) is 6.54 Å². The Bertz CT molecular complexity index is 390. The summed E-state index contributed by atoms with van der Waals surface area (Å²) in [6, 6.07) is 5.67. The van der Waals surface area contributed by atoms with E-state index in [4.69, 9.17) is 0 Å². The van der Waals surface area contributed by atoms with E-state index in [9.17, 15) is 4.79 Å². The molecular weight excluding hydrogens is 418 g/mol. The Morgan fingerprint density at radius 1 is 1.53 bits per heavy atom. The quantitative estimate of drug-likeness (QED) is 0.741. The van der Waals surface area contributed by atoms with Gasteiger partial charge in [0.15, 0.2) is 0 Å². The van der Waals surface area contributed by atoms with Gasteiger partial charge in [-0.15, -0.1) is 12.4 Å². The first-order valence-corrected chi connectivity index (χ1v) is 6.79. The van der Waals surface area contributed by atoms with E-state index in [0.717, 1.165) is 20.2 Å². The molecule has 1 amide bonds. The van der Waals surface area contributed by atoms with Gasteiger partial charge in [-0.25, -0.2) is 0 Å². The van der Waals surface area contributed by atoms with E-state index in [1.165, 1.54) is 0 Å². The summed E-state index contributed by atoms with van der Waals surface area (Å²) in [5, 5.41) is 3.03. The topological polar surface area (TPSA) is 32.3 Å². The largest absolute Gasteiger partial charge is 0.340 e. The number of halogens is 3. The highest BCUT2D eigenvalue weighted by atomic mass is 127. The molecule has 0 aromatic heterocycles. The predicted octanol–water partition coefficient (Wildman–Crippen LogP) is 2.77. The molecule has 0 bridgehead atoms. The van der Waals surface area contributed by atoms with Crippen LogP contribution in [0.15, 0.2) is 22.7 Å². The van der Waals surface area contributed by atoms with Crippen LogP contribution in [0.1, 0.15) is 10.4 Å². The third kappa shape index (κ3) is 4.73. The highest BCUT2D eigenvalue weighted by molar-refractivity contribution is 14.1. The molecule has 1 rings (SSSR count). The van der Waals surface area contributed by atoms with E-state index in [1.54, 1.807) is 4.90 Å². The third-order valence-electron chi connectivity index (χ3n) is 2.23. The van der Waals surface area contributed by atoms with Gasteiger partial charge in [-0.05, 0) is 57.7 Å². The van der Waals surface area contributed by atoms with E-state index < -0.39 is 0 Å². The first-order valence-electron chi connectivity index (χ1n) is 4.92. The third-order valence-corrected chi connectivity index (χ3v) is 4.79. The fourth-order valence-electron chi connectivity index (χ4n) is 1.26. The summed E-state index contributed by atoms with van der Waals surface area (Å²) in [6.45, 7) is 1.50. The number of hydrogen-bond acceptors (Lipinski definition) is 2. The van der Waals surface area contributed by atoms with Crippen molar-refractivity contribution in [1.29, 1.82) is 0 Å². The van der Waals surface area contributed by atoms with Gasteiger partial charge < -0.3 is 10.2 Å². The van der Waals surface area contributed by atoms with Gasteiger partial charge in [-0.1, -0.05) is 6.07 Å². The molecule has 0 spiro atoms. The van der Waals surface area contributed by atoms with Gasteiger partial charge in [0.25, 0.3) is 5.91 Å². The van der Waals surface area contributed by atoms with Crippen LogP contribution in [0.25, 0.3) is 0 Å². The Kier molecular flexibility index (Phi) is 8.36. The van der Waals surface area contributed by atoms with Gasteiger partial charge >= 0.3 is 0 Å². The van der Waals surface area contributed by atoms with Crippen molar-refractivity contribution in [2.75, 3.05) is 27.2 Å². The fourth-order valence-corrected chi connectivity index (χ4v) is 2.21. The lowest BCUT2D eigenvalue weighted by atomic mass is 10.2. The van der Waals surface area contributed by atoms with Crippen LogP contribution in [0.3, 0.4) is 0 Å². The van der Waals surface area contributed by atoms with Gasteiger partial charge in [0, 0.05) is 28.2 Å². The SMILES string of the molecule is CNCCN(C)C(=O)c1cccc(Br)c1I.Cl. The summed E-state index contributed by atoms with van der Waals surface area (Å²) in [7, 11) is 3.69. The van der Waals surface area contributed by atoms with Crippen molar-refractivity contribution >= 4 is 56.8 Å². The van der Waals surface area contributed by atoms with Crippen LogP contribution in [-0.2, 0) is 0 Å². The molecule has 96 valence electrons. The molecule has 0 aliphatic rings. The minimum atomic E-state index is 0. The van der Waals surface area contributed by atoms with E-state index in [2.05, 4.69) is 43.8 Å². The lowest BCUT2D eigenvalue weighted by Gasteiger charge is -2.18. The molecule has 0 atom stereocenters. The predicted molar refractivity (Wildman–Crippen MR) is 85.0 cm³/mol. The Balaban J connectivity index is 0.00000256. The molecule has 0 saturated heterocycles. The highest BCUT2D eigenvalue weighted by Crippen LogP contribution is 2.23. The minimum absolute atomic E-state index is 0. The number of likely N-dealkylation sites (N-methyl/N-ethyl adjacent to an activating group) is 2. The second-order valence-corrected chi connectivity index (χ2v) is 5.36. The zero-order valence-electron chi connectivity index (χ0n) is 9.67. The molecule has 0 heterocycles. The van der Waals surface area contributed by atoms with Crippen LogP contribution in [0.4, 0.5) is 0 Å².